The fourth-order valence-corrected chi connectivity index (χ4v) is 2.07. The number of H-pyrrole nitrogens is 1. The molecule has 3 N–H and O–H groups in total. The van der Waals surface area contributed by atoms with Gasteiger partial charge in [0.15, 0.2) is 0 Å². The summed E-state index contributed by atoms with van der Waals surface area (Å²) < 4.78 is 27.3. The van der Waals surface area contributed by atoms with E-state index in [1.165, 1.54) is 12.1 Å². The zero-order chi connectivity index (χ0) is 15.6. The van der Waals surface area contributed by atoms with Gasteiger partial charge in [-0.15, -0.1) is 0 Å². The van der Waals surface area contributed by atoms with Crippen LogP contribution in [0.3, 0.4) is 0 Å². The average Bonchev–Trinajstić information content (AvgIpc) is 2.41. The summed E-state index contributed by atoms with van der Waals surface area (Å²) >= 11 is 3.08. The van der Waals surface area contributed by atoms with Crippen LogP contribution in [0.1, 0.15) is 15.9 Å². The first-order chi connectivity index (χ1) is 9.93. The number of halogens is 3. The Kier molecular flexibility index (Phi) is 4.37. The Hall–Kier alpha value is -2.22. The molecule has 0 fully saturated rings. The first-order valence-corrected chi connectivity index (χ1v) is 6.49. The van der Waals surface area contributed by atoms with Gasteiger partial charge in [-0.2, -0.15) is 0 Å². The maximum atomic E-state index is 13.8. The van der Waals surface area contributed by atoms with E-state index in [0.717, 1.165) is 12.3 Å². The van der Waals surface area contributed by atoms with Crippen molar-refractivity contribution in [3.63, 3.8) is 0 Å². The van der Waals surface area contributed by atoms with E-state index in [0.29, 0.717) is 4.47 Å². The first kappa shape index (κ1) is 15.2. The molecule has 2 rings (SSSR count). The number of hydrogen-bond acceptors (Lipinski definition) is 3. The number of anilines is 2. The summed E-state index contributed by atoms with van der Waals surface area (Å²) in [4.78, 5) is 24.8. The van der Waals surface area contributed by atoms with Crippen LogP contribution in [0.2, 0.25) is 0 Å². The van der Waals surface area contributed by atoms with Crippen molar-refractivity contribution < 1.29 is 18.7 Å². The molecule has 8 heteroatoms. The van der Waals surface area contributed by atoms with Crippen molar-refractivity contribution in [1.82, 2.24) is 4.98 Å². The average molecular weight is 359 g/mol. The summed E-state index contributed by atoms with van der Waals surface area (Å²) in [6.07, 6.45) is 0.933. The standard InChI is InChI=1S/C13H9BrF2N2O3/c14-6-1-2-10(9(16)3-6)18-11-7(4-15)12(19)17-5-8(11)13(20)21/h1-3,5H,4H2,(H,20,21)(H2,17,18,19). The molecule has 0 bridgehead atoms. The number of alkyl halides is 1. The molecule has 0 aliphatic heterocycles. The highest BCUT2D eigenvalue weighted by molar-refractivity contribution is 9.10. The number of hydrogen-bond donors (Lipinski definition) is 3. The molecular weight excluding hydrogens is 350 g/mol. The van der Waals surface area contributed by atoms with E-state index in [-0.39, 0.29) is 16.9 Å². The summed E-state index contributed by atoms with van der Waals surface area (Å²) in [5.74, 6) is -2.05. The first-order valence-electron chi connectivity index (χ1n) is 5.70. The van der Waals surface area contributed by atoms with E-state index < -0.39 is 29.6 Å². The predicted molar refractivity (Wildman–Crippen MR) is 76.2 cm³/mol. The molecule has 0 radical (unpaired) electrons. The van der Waals surface area contributed by atoms with Gasteiger partial charge >= 0.3 is 5.97 Å². The molecule has 1 aromatic carbocycles. The fraction of sp³-hybridized carbons (Fsp3) is 0.0769. The van der Waals surface area contributed by atoms with Gasteiger partial charge in [-0.05, 0) is 18.2 Å². The predicted octanol–water partition coefficient (Wildman–Crippen LogP) is 3.19. The number of carboxylic acid groups (broad SMARTS) is 1. The van der Waals surface area contributed by atoms with Crippen LogP contribution >= 0.6 is 15.9 Å². The second-order valence-corrected chi connectivity index (χ2v) is 4.99. The molecule has 0 unspecified atom stereocenters. The topological polar surface area (TPSA) is 82.2 Å². The fourth-order valence-electron chi connectivity index (χ4n) is 1.74. The number of aromatic amines is 1. The normalized spacial score (nSPS) is 10.4. The summed E-state index contributed by atoms with van der Waals surface area (Å²) in [5, 5.41) is 11.6. The van der Waals surface area contributed by atoms with Gasteiger partial charge in [0.2, 0.25) is 0 Å². The van der Waals surface area contributed by atoms with Crippen LogP contribution in [0.5, 0.6) is 0 Å². The summed E-state index contributed by atoms with van der Waals surface area (Å²) in [5.41, 5.74) is -1.87. The quantitative estimate of drug-likeness (QED) is 0.783. The van der Waals surface area contributed by atoms with Crippen LogP contribution in [0.15, 0.2) is 33.7 Å². The van der Waals surface area contributed by atoms with Gasteiger partial charge in [0.05, 0.1) is 22.5 Å². The van der Waals surface area contributed by atoms with Crippen molar-refractivity contribution in [1.29, 1.82) is 0 Å². The zero-order valence-electron chi connectivity index (χ0n) is 10.4. The Morgan fingerprint density at radius 3 is 2.71 bits per heavy atom. The van der Waals surface area contributed by atoms with E-state index in [9.17, 15) is 18.4 Å². The van der Waals surface area contributed by atoms with Crippen molar-refractivity contribution >= 4 is 33.3 Å². The highest BCUT2D eigenvalue weighted by Gasteiger charge is 2.18. The van der Waals surface area contributed by atoms with Crippen molar-refractivity contribution in [2.75, 3.05) is 5.32 Å². The molecule has 21 heavy (non-hydrogen) atoms. The Balaban J connectivity index is 2.59. The van der Waals surface area contributed by atoms with Crippen molar-refractivity contribution in [3.05, 3.63) is 56.2 Å². The van der Waals surface area contributed by atoms with Crippen molar-refractivity contribution in [2.45, 2.75) is 6.67 Å². The minimum Gasteiger partial charge on any atom is -0.478 e. The Morgan fingerprint density at radius 1 is 1.43 bits per heavy atom. The minimum atomic E-state index is -1.37. The van der Waals surface area contributed by atoms with Crippen LogP contribution in [0.25, 0.3) is 0 Å². The molecule has 0 saturated heterocycles. The maximum Gasteiger partial charge on any atom is 0.339 e. The van der Waals surface area contributed by atoms with Crippen molar-refractivity contribution in [2.24, 2.45) is 0 Å². The lowest BCUT2D eigenvalue weighted by molar-refractivity contribution is 0.0697. The third-order valence-electron chi connectivity index (χ3n) is 2.75. The van der Waals surface area contributed by atoms with E-state index in [4.69, 9.17) is 5.11 Å². The van der Waals surface area contributed by atoms with Gasteiger partial charge in [0.25, 0.3) is 5.56 Å². The number of benzene rings is 1. The molecule has 1 heterocycles. The Bertz CT molecular complexity index is 762. The molecule has 5 nitrogen and oxygen atoms in total. The molecule has 0 aliphatic rings. The number of rotatable bonds is 4. The van der Waals surface area contributed by atoms with Crippen LogP contribution in [-0.4, -0.2) is 16.1 Å². The third kappa shape index (κ3) is 3.10. The second kappa shape index (κ2) is 6.04. The molecule has 0 atom stereocenters. The van der Waals surface area contributed by atoms with Crippen molar-refractivity contribution in [3.8, 4) is 0 Å². The third-order valence-corrected chi connectivity index (χ3v) is 3.24. The largest absolute Gasteiger partial charge is 0.478 e. The zero-order valence-corrected chi connectivity index (χ0v) is 12.0. The van der Waals surface area contributed by atoms with Gasteiger partial charge in [0, 0.05) is 10.7 Å². The number of carbonyl (C=O) groups is 1. The molecule has 0 spiro atoms. The van der Waals surface area contributed by atoms with E-state index in [1.807, 2.05) is 0 Å². The molecular formula is C13H9BrF2N2O3. The molecule has 0 amide bonds. The molecule has 1 aromatic heterocycles. The monoisotopic (exact) mass is 358 g/mol. The lowest BCUT2D eigenvalue weighted by Gasteiger charge is -2.13. The van der Waals surface area contributed by atoms with Gasteiger partial charge in [0.1, 0.15) is 12.5 Å². The van der Waals surface area contributed by atoms with Gasteiger partial charge < -0.3 is 15.4 Å². The number of aromatic carboxylic acids is 1. The molecule has 2 aromatic rings. The van der Waals surface area contributed by atoms with E-state index >= 15 is 0 Å². The minimum absolute atomic E-state index is 0.0685. The number of pyridine rings is 1. The Morgan fingerprint density at radius 2 is 2.14 bits per heavy atom. The number of carboxylic acids is 1. The van der Waals surface area contributed by atoms with Gasteiger partial charge in [-0.25, -0.2) is 13.6 Å². The smallest absolute Gasteiger partial charge is 0.339 e. The maximum absolute atomic E-state index is 13.8. The summed E-state index contributed by atoms with van der Waals surface area (Å²) in [6, 6.07) is 4.02. The molecule has 0 aliphatic carbocycles. The number of nitrogens with one attached hydrogen (secondary N) is 2. The SMILES string of the molecule is O=C(O)c1c[nH]c(=O)c(CF)c1Nc1ccc(Br)cc1F. The Labute approximate surface area is 125 Å². The van der Waals surface area contributed by atoms with Crippen LogP contribution in [0.4, 0.5) is 20.2 Å². The lowest BCUT2D eigenvalue weighted by Crippen LogP contribution is -2.18. The molecule has 110 valence electrons. The van der Waals surface area contributed by atoms with Gasteiger partial charge in [-0.1, -0.05) is 15.9 Å². The second-order valence-electron chi connectivity index (χ2n) is 4.07. The van der Waals surface area contributed by atoms with Gasteiger partial charge in [-0.3, -0.25) is 4.79 Å². The summed E-state index contributed by atoms with van der Waals surface area (Å²) in [7, 11) is 0. The molecule has 0 saturated carbocycles. The van der Waals surface area contributed by atoms with Crippen LogP contribution in [-0.2, 0) is 6.67 Å². The lowest BCUT2D eigenvalue weighted by atomic mass is 10.1. The van der Waals surface area contributed by atoms with E-state index in [2.05, 4.69) is 26.2 Å². The highest BCUT2D eigenvalue weighted by atomic mass is 79.9. The summed E-state index contributed by atoms with van der Waals surface area (Å²) in [6.45, 7) is -1.18. The highest BCUT2D eigenvalue weighted by Crippen LogP contribution is 2.27. The van der Waals surface area contributed by atoms with Crippen LogP contribution in [0, 0.1) is 5.82 Å². The number of aromatic nitrogens is 1. The van der Waals surface area contributed by atoms with Crippen LogP contribution < -0.4 is 10.9 Å². The van der Waals surface area contributed by atoms with E-state index in [1.54, 1.807) is 0 Å².